The molecule has 2 aliphatic rings. The van der Waals surface area contributed by atoms with E-state index in [1.165, 1.54) is 50.0 Å². The van der Waals surface area contributed by atoms with E-state index in [2.05, 4.69) is 60.8 Å². The Morgan fingerprint density at radius 2 is 1.96 bits per heavy atom. The maximum atomic E-state index is 3.60. The fourth-order valence-electron chi connectivity index (χ4n) is 4.33. The number of rotatable bonds is 5. The van der Waals surface area contributed by atoms with Gasteiger partial charge in [-0.05, 0) is 55.8 Å². The largest absolute Gasteiger partial charge is 0.303 e. The zero-order chi connectivity index (χ0) is 16.2. The van der Waals surface area contributed by atoms with E-state index in [1.807, 2.05) is 0 Å². The Hall–Kier alpha value is -0.900. The molecule has 2 heterocycles. The third-order valence-corrected chi connectivity index (χ3v) is 6.02. The molecule has 0 aliphatic carbocycles. The van der Waals surface area contributed by atoms with Crippen molar-refractivity contribution < 1.29 is 0 Å². The van der Waals surface area contributed by atoms with Crippen LogP contribution in [0.3, 0.4) is 0 Å². The van der Waals surface area contributed by atoms with Crippen molar-refractivity contribution in [2.24, 2.45) is 11.8 Å². The van der Waals surface area contributed by atoms with Crippen molar-refractivity contribution in [3.05, 3.63) is 35.4 Å². The van der Waals surface area contributed by atoms with Crippen molar-refractivity contribution in [2.75, 3.05) is 26.2 Å². The summed E-state index contributed by atoms with van der Waals surface area (Å²) in [7, 11) is 0. The molecule has 0 bridgehead atoms. The predicted octanol–water partition coefficient (Wildman–Crippen LogP) is 3.31. The third-order valence-electron chi connectivity index (χ3n) is 6.02. The van der Waals surface area contributed by atoms with Gasteiger partial charge in [-0.2, -0.15) is 0 Å². The van der Waals surface area contributed by atoms with E-state index in [4.69, 9.17) is 0 Å². The Labute approximate surface area is 141 Å². The normalized spacial score (nSPS) is 28.1. The lowest BCUT2D eigenvalue weighted by molar-refractivity contribution is 0.141. The van der Waals surface area contributed by atoms with Crippen LogP contribution in [0.2, 0.25) is 0 Å². The zero-order valence-electron chi connectivity index (χ0n) is 15.0. The molecule has 128 valence electrons. The first-order valence-electron chi connectivity index (χ1n) is 9.45. The summed E-state index contributed by atoms with van der Waals surface area (Å²) in [5.74, 6) is 2.24. The van der Waals surface area contributed by atoms with E-state index < -0.39 is 0 Å². The molecule has 0 spiro atoms. The molecule has 3 nitrogen and oxygen atoms in total. The number of hydrogen-bond donors (Lipinski definition) is 2. The lowest BCUT2D eigenvalue weighted by Gasteiger charge is -2.37. The Bertz CT molecular complexity index is 493. The Morgan fingerprint density at radius 1 is 1.22 bits per heavy atom. The Balaban J connectivity index is 1.60. The molecule has 3 rings (SSSR count). The van der Waals surface area contributed by atoms with E-state index in [0.717, 1.165) is 18.4 Å². The summed E-state index contributed by atoms with van der Waals surface area (Å²) in [6, 6.07) is 9.49. The summed E-state index contributed by atoms with van der Waals surface area (Å²) in [5, 5.41) is 0. The first-order valence-corrected chi connectivity index (χ1v) is 9.45. The van der Waals surface area contributed by atoms with E-state index >= 15 is 0 Å². The van der Waals surface area contributed by atoms with Crippen LogP contribution in [0, 0.1) is 18.8 Å². The maximum Gasteiger partial charge on any atom is 0.0323 e. The minimum atomic E-state index is 0.585. The maximum absolute atomic E-state index is 3.60. The van der Waals surface area contributed by atoms with Crippen molar-refractivity contribution in [3.8, 4) is 0 Å². The molecule has 2 N–H and O–H groups in total. The van der Waals surface area contributed by atoms with Crippen LogP contribution in [0.5, 0.6) is 0 Å². The average molecular weight is 316 g/mol. The molecular weight excluding hydrogens is 282 g/mol. The van der Waals surface area contributed by atoms with Crippen LogP contribution in [0.1, 0.15) is 50.2 Å². The highest BCUT2D eigenvalue weighted by Crippen LogP contribution is 2.33. The molecule has 3 atom stereocenters. The van der Waals surface area contributed by atoms with Crippen LogP contribution >= 0.6 is 0 Å². The molecule has 2 fully saturated rings. The smallest absolute Gasteiger partial charge is 0.0323 e. The molecular formula is C20H33N3. The molecule has 2 saturated heterocycles. The molecule has 0 radical (unpaired) electrons. The van der Waals surface area contributed by atoms with Gasteiger partial charge in [0.25, 0.3) is 0 Å². The van der Waals surface area contributed by atoms with Crippen molar-refractivity contribution in [1.82, 2.24) is 15.8 Å². The summed E-state index contributed by atoms with van der Waals surface area (Å²) in [4.78, 5) is 2.68. The van der Waals surface area contributed by atoms with Crippen LogP contribution in [-0.2, 0) is 0 Å². The first-order chi connectivity index (χ1) is 11.2. The fourth-order valence-corrected chi connectivity index (χ4v) is 4.33. The van der Waals surface area contributed by atoms with E-state index in [9.17, 15) is 0 Å². The second-order valence-electron chi connectivity index (χ2n) is 7.67. The second kappa shape index (κ2) is 7.78. The number of benzene rings is 1. The topological polar surface area (TPSA) is 27.3 Å². The van der Waals surface area contributed by atoms with E-state index in [-0.39, 0.29) is 0 Å². The minimum absolute atomic E-state index is 0.585. The van der Waals surface area contributed by atoms with Gasteiger partial charge < -0.3 is 4.90 Å². The number of nitrogens with one attached hydrogen (secondary N) is 2. The molecule has 23 heavy (non-hydrogen) atoms. The van der Waals surface area contributed by atoms with E-state index in [0.29, 0.717) is 12.0 Å². The highest BCUT2D eigenvalue weighted by Gasteiger charge is 2.36. The SMILES string of the molecule is CCC(C)CN1CCC(C2NNCC2c2ccccc2C)CC1. The molecule has 0 aromatic heterocycles. The van der Waals surface area contributed by atoms with Gasteiger partial charge in [-0.3, -0.25) is 10.9 Å². The van der Waals surface area contributed by atoms with Gasteiger partial charge in [0.1, 0.15) is 0 Å². The monoisotopic (exact) mass is 315 g/mol. The predicted molar refractivity (Wildman–Crippen MR) is 97.5 cm³/mol. The second-order valence-corrected chi connectivity index (χ2v) is 7.67. The van der Waals surface area contributed by atoms with Crippen LogP contribution < -0.4 is 10.9 Å². The Morgan fingerprint density at radius 3 is 2.65 bits per heavy atom. The van der Waals surface area contributed by atoms with Gasteiger partial charge in [0, 0.05) is 25.0 Å². The number of piperidine rings is 1. The van der Waals surface area contributed by atoms with Gasteiger partial charge >= 0.3 is 0 Å². The highest BCUT2D eigenvalue weighted by molar-refractivity contribution is 5.31. The van der Waals surface area contributed by atoms with Crippen molar-refractivity contribution in [1.29, 1.82) is 0 Å². The standard InChI is InChI=1S/C20H33N3/c1-4-15(2)14-23-11-9-17(10-12-23)20-19(13-21-22-20)18-8-6-5-7-16(18)3/h5-8,15,17,19-22H,4,9-14H2,1-3H3. The Kier molecular flexibility index (Phi) is 5.73. The summed E-state index contributed by atoms with van der Waals surface area (Å²) < 4.78 is 0. The zero-order valence-corrected chi connectivity index (χ0v) is 15.0. The molecule has 0 amide bonds. The molecule has 3 heteroatoms. The number of hydrazine groups is 1. The average Bonchev–Trinajstić information content (AvgIpc) is 3.05. The molecule has 3 unspecified atom stereocenters. The summed E-state index contributed by atoms with van der Waals surface area (Å²) in [6.07, 6.45) is 3.96. The lowest BCUT2D eigenvalue weighted by atomic mass is 9.79. The number of hydrogen-bond acceptors (Lipinski definition) is 3. The molecule has 2 aliphatic heterocycles. The quantitative estimate of drug-likeness (QED) is 0.873. The number of likely N-dealkylation sites (tertiary alicyclic amines) is 1. The number of aryl methyl sites for hydroxylation is 1. The minimum Gasteiger partial charge on any atom is -0.303 e. The van der Waals surface area contributed by atoms with Crippen LogP contribution in [0.15, 0.2) is 24.3 Å². The molecule has 0 saturated carbocycles. The van der Waals surface area contributed by atoms with Gasteiger partial charge in [0.2, 0.25) is 0 Å². The molecule has 1 aromatic carbocycles. The van der Waals surface area contributed by atoms with Gasteiger partial charge in [-0.1, -0.05) is 44.5 Å². The van der Waals surface area contributed by atoms with E-state index in [1.54, 1.807) is 0 Å². The van der Waals surface area contributed by atoms with Crippen LogP contribution in [-0.4, -0.2) is 37.1 Å². The first kappa shape index (κ1) is 16.9. The summed E-state index contributed by atoms with van der Waals surface area (Å²) >= 11 is 0. The fraction of sp³-hybridized carbons (Fsp3) is 0.700. The highest BCUT2D eigenvalue weighted by atomic mass is 15.4. The van der Waals surface area contributed by atoms with Gasteiger partial charge in [-0.25, -0.2) is 0 Å². The van der Waals surface area contributed by atoms with Crippen LogP contribution in [0.4, 0.5) is 0 Å². The third kappa shape index (κ3) is 3.96. The van der Waals surface area contributed by atoms with Crippen molar-refractivity contribution in [3.63, 3.8) is 0 Å². The van der Waals surface area contributed by atoms with Gasteiger partial charge in [-0.15, -0.1) is 0 Å². The van der Waals surface area contributed by atoms with Crippen molar-refractivity contribution >= 4 is 0 Å². The van der Waals surface area contributed by atoms with Crippen molar-refractivity contribution in [2.45, 2.75) is 52.0 Å². The summed E-state index contributed by atoms with van der Waals surface area (Å²) in [6.45, 7) is 11.8. The van der Waals surface area contributed by atoms with Gasteiger partial charge in [0.05, 0.1) is 0 Å². The van der Waals surface area contributed by atoms with Crippen LogP contribution in [0.25, 0.3) is 0 Å². The lowest BCUT2D eigenvalue weighted by Crippen LogP contribution is -2.45. The molecule has 1 aromatic rings. The van der Waals surface area contributed by atoms with Gasteiger partial charge in [0.15, 0.2) is 0 Å². The summed E-state index contributed by atoms with van der Waals surface area (Å²) in [5.41, 5.74) is 9.99. The number of nitrogens with zero attached hydrogens (tertiary/aromatic N) is 1.